The van der Waals surface area contributed by atoms with Crippen LogP contribution in [0.1, 0.15) is 135 Å². The highest BCUT2D eigenvalue weighted by molar-refractivity contribution is 8.09. The van der Waals surface area contributed by atoms with Crippen LogP contribution in [0.4, 0.5) is 35.2 Å². The van der Waals surface area contributed by atoms with E-state index < -0.39 is 249 Å². The van der Waals surface area contributed by atoms with Crippen molar-refractivity contribution in [3.05, 3.63) is 134 Å². The van der Waals surface area contributed by atoms with Gasteiger partial charge in [-0.1, -0.05) is 6.92 Å². The van der Waals surface area contributed by atoms with Crippen LogP contribution in [0.3, 0.4) is 0 Å². The molecule has 0 radical (unpaired) electrons. The second kappa shape index (κ2) is 44.0. The normalized spacial score (nSPS) is 29.3. The lowest BCUT2D eigenvalue weighted by atomic mass is 10.1. The summed E-state index contributed by atoms with van der Waals surface area (Å²) in [4.78, 5) is 226. The predicted octanol–water partition coefficient (Wildman–Crippen LogP) is 1.00. The molecule has 76 heteroatoms. The minimum atomic E-state index is -4.73. The fraction of sp³-hybridized carbons (Fsp3) is 0.556. The molecule has 25 N–H and O–H groups in total. The number of nitrogens with one attached hydrogen (secondary N) is 6. The summed E-state index contributed by atoms with van der Waals surface area (Å²) in [5.41, 5.74) is 33.3. The van der Waals surface area contributed by atoms with Gasteiger partial charge >= 0.3 is 64.1 Å². The molecule has 18 rings (SSSR count). The molecule has 0 saturated carbocycles. The van der Waals surface area contributed by atoms with E-state index in [1.165, 1.54) is 70.1 Å². The average Bonchev–Trinajstić information content (AvgIpc) is 1.62. The Balaban J connectivity index is 0.561. The molecule has 7 aliphatic rings. The van der Waals surface area contributed by atoms with Crippen molar-refractivity contribution < 1.29 is 131 Å². The van der Waals surface area contributed by atoms with Gasteiger partial charge in [-0.3, -0.25) is 47.6 Å². The van der Waals surface area contributed by atoms with Crippen molar-refractivity contribution in [1.29, 1.82) is 0 Å². The van der Waals surface area contributed by atoms with Crippen LogP contribution < -0.4 is 68.1 Å². The summed E-state index contributed by atoms with van der Waals surface area (Å²) >= 11 is 39.3. The van der Waals surface area contributed by atoms with Crippen LogP contribution in [-0.2, 0) is 179 Å². The molecular formula is C72H95N28O34P7S7. The van der Waals surface area contributed by atoms with Crippen molar-refractivity contribution in [1.82, 2.24) is 108 Å². The summed E-state index contributed by atoms with van der Waals surface area (Å²) in [6.45, 7) is -29.5. The zero-order chi connectivity index (χ0) is 106. The zero-order valence-corrected chi connectivity index (χ0v) is 89.2. The highest BCUT2D eigenvalue weighted by Gasteiger charge is 2.52. The molecule has 804 valence electrons. The van der Waals surface area contributed by atoms with Gasteiger partial charge in [0, 0.05) is 68.7 Å². The Hall–Kier alpha value is -7.53. The largest absolute Gasteiger partial charge is 0.383 e. The van der Waals surface area contributed by atoms with Crippen LogP contribution >= 0.6 is 47.0 Å². The van der Waals surface area contributed by atoms with Crippen molar-refractivity contribution >= 4 is 210 Å². The van der Waals surface area contributed by atoms with Crippen LogP contribution in [-0.4, -0.2) is 274 Å². The zero-order valence-electron chi connectivity index (χ0n) is 77.2. The van der Waals surface area contributed by atoms with E-state index in [1.807, 2.05) is 0 Å². The number of aromatic nitrogens is 22. The van der Waals surface area contributed by atoms with E-state index in [9.17, 15) is 63.0 Å². The van der Waals surface area contributed by atoms with Gasteiger partial charge in [0.15, 0.2) is 45.3 Å². The molecule has 11 aromatic heterocycles. The third-order valence-corrected chi connectivity index (χ3v) is 36.1. The topological polar surface area (TPSA) is 863 Å². The Kier molecular flexibility index (Phi) is 32.8. The molecule has 0 aromatic carbocycles. The number of imidazole rings is 4. The van der Waals surface area contributed by atoms with E-state index in [0.29, 0.717) is 12.0 Å². The number of nitrogens with two attached hydrogens (primary N) is 6. The maximum atomic E-state index is 13.2. The van der Waals surface area contributed by atoms with E-state index in [-0.39, 0.29) is 153 Å². The number of aromatic amines is 6. The number of rotatable bonds is 41. The molecule has 62 nitrogen and oxygen atoms in total. The molecule has 0 amide bonds. The molecule has 0 aliphatic carbocycles. The van der Waals surface area contributed by atoms with Crippen molar-refractivity contribution in [2.45, 2.75) is 208 Å². The van der Waals surface area contributed by atoms with Crippen molar-refractivity contribution in [2.24, 2.45) is 0 Å². The minimum Gasteiger partial charge on any atom is -0.383 e. The van der Waals surface area contributed by atoms with E-state index in [2.05, 4.69) is 89.7 Å². The molecule has 0 spiro atoms. The smallest absolute Gasteiger partial charge is 0.347 e. The molecule has 11 aromatic rings. The lowest BCUT2D eigenvalue weighted by Crippen LogP contribution is -2.32. The summed E-state index contributed by atoms with van der Waals surface area (Å²) in [7, 11) is 1.14. The highest BCUT2D eigenvalue weighted by atomic mass is 32.5. The number of H-pyrrole nitrogens is 6. The van der Waals surface area contributed by atoms with Crippen LogP contribution in [0.15, 0.2) is 66.7 Å². The molecule has 7 aliphatic heterocycles. The summed E-state index contributed by atoms with van der Waals surface area (Å²) < 4.78 is 135. The first-order valence-electron chi connectivity index (χ1n) is 44.4. The van der Waals surface area contributed by atoms with E-state index >= 15 is 0 Å². The van der Waals surface area contributed by atoms with Gasteiger partial charge < -0.3 is 180 Å². The molecule has 7 saturated heterocycles. The highest BCUT2D eigenvalue weighted by Crippen LogP contribution is 2.60. The number of fused-ring (bicyclic) bond motifs is 4. The third-order valence-electron chi connectivity index (χ3n) is 24.9. The predicted molar refractivity (Wildman–Crippen MR) is 538 cm³/mol. The summed E-state index contributed by atoms with van der Waals surface area (Å²) in [6, 6.07) is 0. The third kappa shape index (κ3) is 24.9. The van der Waals surface area contributed by atoms with Gasteiger partial charge in [-0.2, -0.15) is 19.9 Å². The Labute approximate surface area is 865 Å². The Bertz CT molecular complexity index is 7670. The number of hydrogen-bond acceptors (Lipinski definition) is 52. The SMILES string of the molecule is CC[C@H]1O[C@@H](n2cnc3c(=O)[nH]c(N)nc32)C[C@H]1OP(O)(=S)OC[C@H]1O[C@@H](c2[nH]c(=O)nc(N)c2C)C[C@H]1OP(O)(=S)OC[C@H]1O[C@@H](c2[nH]c(=O)nc(N)c2C)C[C@H]1OP(O)(=S)OC[C@H]1O[C@@H](n2cnc3c(N)ncnc32)C[C@H]1OP(O)(=S)OC[C@H]1O[C@@H](n2cnc3c(=O)[nH]c(N)nc32)C[C@H]1OP(O)(=S)OC[C@H]1O[C@@H](c2[nH]c(=O)[nH]c(=O)c2C)C[C@H]1OP(O)(=S)OC[C@H]1O[C@@H](n2cnc3c(N)ncnc32)C[C@H]1OP(O)(=S)OC. The monoisotopic (exact) mass is 2340 g/mol. The minimum absolute atomic E-state index is 0.00688. The van der Waals surface area contributed by atoms with Crippen molar-refractivity contribution in [2.75, 3.05) is 81.2 Å². The lowest BCUT2D eigenvalue weighted by Gasteiger charge is -2.29. The number of nitrogen functional groups attached to an aromatic ring is 6. The molecule has 7 fully saturated rings. The van der Waals surface area contributed by atoms with Gasteiger partial charge in [0.05, 0.1) is 131 Å². The molecule has 18 heterocycles. The molecule has 0 bridgehead atoms. The van der Waals surface area contributed by atoms with E-state index in [1.54, 1.807) is 13.8 Å². The lowest BCUT2D eigenvalue weighted by molar-refractivity contribution is -0.0525. The fourth-order valence-corrected chi connectivity index (χ4v) is 27.6. The Morgan fingerprint density at radius 2 is 0.622 bits per heavy atom. The number of anilines is 6. The standard InChI is InChI=1S/C72H95N28O34P7S7/c1-6-29-33(10-48(124-29)99-24-85-55-63(99)92-68(77)94-66(55)102)132-139(111,146)116-15-41-30(7-37(122-41)50-26(2)57(73)90-70(104)87-50)129-136(108,143)115-14-40-31(8-38(121-40)51-27(3)58(74)91-71(105)88-51)130-138(110,145)119-18-44-35(12-47(126-44)98-23-84-54-60(76)80-21-82-62(54)98)133-141(113,148)120-19-45-36(13-49(127-45)100-25-86-56-64(100)93-69(78)95-67(56)103)134-140(112,147)117-16-42-32(9-39(123-42)52-28(4)65(101)96-72(106)89-52)131-137(109,144)118-17-43-34(128-135(107,142)114-5)11-46(125-43)97-22-83-53-59(75)79-20-81-61(53)97/h20-25,29-49H,6-19H2,1-5H3,(H,107,142)(H,108,143)(H,109,144)(H,110,145)(H,111,146)(H,112,147)(H,113,148)(H2,75,79,81)(H2,76,80,82)(H3,73,87,90,104)(H3,74,88,91,105)(H3,77,92,94,102)(H3,78,93,95,103)(H2,89,96,101,106)/t29-,30-,31-,32-,33-,34-,35-,36-,37-,38-,39-,40-,41-,42-,43-,44-,45-,46-,47-,48-,49-,135?,136?,137?,138?,139?,140?,141?/m1/s1. The first-order chi connectivity index (χ1) is 69.9. The second-order valence-corrected chi connectivity index (χ2v) is 54.0. The number of nitrogens with zero attached hydrogens (tertiary/aromatic N) is 16. The van der Waals surface area contributed by atoms with Crippen molar-refractivity contribution in [3.8, 4) is 0 Å². The summed E-state index contributed by atoms with van der Waals surface area (Å²) in [5.74, 6) is -0.754. The molecule has 28 atom stereocenters. The second-order valence-electron chi connectivity index (χ2n) is 34.4. The quantitative estimate of drug-likeness (QED) is 0.0238. The van der Waals surface area contributed by atoms with Crippen molar-refractivity contribution in [3.63, 3.8) is 0 Å². The van der Waals surface area contributed by atoms with Gasteiger partial charge in [-0.25, -0.2) is 54.3 Å². The number of hydrogen-bond donors (Lipinski definition) is 19. The molecule has 148 heavy (non-hydrogen) atoms. The van der Waals surface area contributed by atoms with Gasteiger partial charge in [0.25, 0.3) is 16.7 Å². The van der Waals surface area contributed by atoms with Crippen LogP contribution in [0.2, 0.25) is 0 Å². The Morgan fingerprint density at radius 1 is 0.338 bits per heavy atom. The van der Waals surface area contributed by atoms with Crippen LogP contribution in [0.25, 0.3) is 44.7 Å². The maximum absolute atomic E-state index is 13.2. The fourth-order valence-electron chi connectivity index (χ4n) is 17.8. The van der Waals surface area contributed by atoms with Gasteiger partial charge in [0.2, 0.25) is 11.9 Å². The number of ether oxygens (including phenoxy) is 7. The van der Waals surface area contributed by atoms with Gasteiger partial charge in [-0.15, -0.1) is 0 Å². The maximum Gasteiger partial charge on any atom is 0.347 e. The first kappa shape index (κ1) is 110. The van der Waals surface area contributed by atoms with E-state index in [0.717, 1.165) is 7.11 Å². The van der Waals surface area contributed by atoms with Crippen LogP contribution in [0, 0.1) is 20.8 Å². The van der Waals surface area contributed by atoms with Crippen LogP contribution in [0.5, 0.6) is 0 Å². The van der Waals surface area contributed by atoms with E-state index in [4.69, 9.17) is 214 Å². The average molecular weight is 2340 g/mol. The molecular weight excluding hydrogens is 2240 g/mol. The summed E-state index contributed by atoms with van der Waals surface area (Å²) in [5, 5.41) is 0. The molecule has 7 unspecified atom stereocenters. The van der Waals surface area contributed by atoms with Gasteiger partial charge in [-0.05, 0) is 110 Å². The Morgan fingerprint density at radius 3 is 0.946 bits per heavy atom. The van der Waals surface area contributed by atoms with Gasteiger partial charge in [0.1, 0.15) is 115 Å². The summed E-state index contributed by atoms with van der Waals surface area (Å²) in [6.07, 6.45) is -18.9. The first-order valence-corrected chi connectivity index (χ1v) is 62.5.